The second-order valence-corrected chi connectivity index (χ2v) is 7.54. The molecule has 3 heterocycles. The van der Waals surface area contributed by atoms with E-state index in [0.29, 0.717) is 17.1 Å². The maximum atomic E-state index is 13.0. The van der Waals surface area contributed by atoms with E-state index in [1.165, 1.54) is 35.2 Å². The van der Waals surface area contributed by atoms with Gasteiger partial charge in [-0.2, -0.15) is 9.97 Å². The van der Waals surface area contributed by atoms with Crippen molar-refractivity contribution in [2.45, 2.75) is 37.5 Å². The molecule has 2 aromatic heterocycles. The molecule has 1 unspecified atom stereocenters. The summed E-state index contributed by atoms with van der Waals surface area (Å²) >= 11 is 6.09. The molecule has 0 saturated carbocycles. The molecule has 1 aliphatic heterocycles. The lowest BCUT2D eigenvalue weighted by atomic mass is 10.1. The topological polar surface area (TPSA) is 135 Å². The first-order valence-corrected chi connectivity index (χ1v) is 9.92. The Labute approximate surface area is 181 Å². The lowest BCUT2D eigenvalue weighted by Gasteiger charge is -2.18. The Balaban J connectivity index is 1.53. The highest BCUT2D eigenvalue weighted by molar-refractivity contribution is 6.28. The van der Waals surface area contributed by atoms with Crippen LogP contribution in [0, 0.1) is 5.82 Å². The molecule has 4 N–H and O–H groups in total. The molecule has 0 bridgehead atoms. The standard InChI is InChI=1S/C19H21ClFN5O5/c1-9(7-30-11-4-2-10(21)3-5-11)23-16-13-17(25-19(20)24-16)26(8-22-13)18-15(29)14(28)12(6-27)31-18/h2-5,8-9,12,14-15,18,27-29H,6-7H2,1H3,(H,23,24,25)/t9?,12-,14-,15-,18-/m1/s1. The number of fused-ring (bicyclic) bond motifs is 1. The zero-order valence-corrected chi connectivity index (χ0v) is 17.1. The summed E-state index contributed by atoms with van der Waals surface area (Å²) in [4.78, 5) is 12.7. The Kier molecular flexibility index (Phi) is 6.21. The number of nitrogens with one attached hydrogen (secondary N) is 1. The predicted molar refractivity (Wildman–Crippen MR) is 108 cm³/mol. The predicted octanol–water partition coefficient (Wildman–Crippen LogP) is 1.11. The smallest absolute Gasteiger partial charge is 0.226 e. The van der Waals surface area contributed by atoms with E-state index >= 15 is 0 Å². The van der Waals surface area contributed by atoms with Crippen molar-refractivity contribution in [1.29, 1.82) is 0 Å². The fourth-order valence-electron chi connectivity index (χ4n) is 3.31. The van der Waals surface area contributed by atoms with Gasteiger partial charge in [0.25, 0.3) is 0 Å². The zero-order chi connectivity index (χ0) is 22.1. The van der Waals surface area contributed by atoms with E-state index in [4.69, 9.17) is 21.1 Å². The fourth-order valence-corrected chi connectivity index (χ4v) is 3.48. The SMILES string of the molecule is CC(COc1ccc(F)cc1)Nc1nc(Cl)nc2c1ncn2[C@@H]1O[C@H](CO)[C@@H](O)[C@H]1O. The van der Waals surface area contributed by atoms with Gasteiger partial charge in [-0.1, -0.05) is 0 Å². The molecule has 12 heteroatoms. The van der Waals surface area contributed by atoms with Crippen molar-refractivity contribution in [2.75, 3.05) is 18.5 Å². The number of aliphatic hydroxyl groups excluding tert-OH is 3. The highest BCUT2D eigenvalue weighted by Gasteiger charge is 2.44. The molecule has 0 amide bonds. The molecule has 166 valence electrons. The molecule has 4 rings (SSSR count). The van der Waals surface area contributed by atoms with E-state index < -0.39 is 31.1 Å². The molecule has 1 aromatic carbocycles. The van der Waals surface area contributed by atoms with Gasteiger partial charge in [0, 0.05) is 0 Å². The quantitative estimate of drug-likeness (QED) is 0.388. The summed E-state index contributed by atoms with van der Waals surface area (Å²) in [5, 5.41) is 32.7. The van der Waals surface area contributed by atoms with Gasteiger partial charge in [-0.05, 0) is 42.8 Å². The highest BCUT2D eigenvalue weighted by Crippen LogP contribution is 2.32. The molecular formula is C19H21ClFN5O5. The number of aliphatic hydroxyl groups is 3. The average molecular weight is 454 g/mol. The van der Waals surface area contributed by atoms with Crippen LogP contribution in [0.25, 0.3) is 11.2 Å². The van der Waals surface area contributed by atoms with Gasteiger partial charge in [0.15, 0.2) is 23.2 Å². The summed E-state index contributed by atoms with van der Waals surface area (Å²) in [5.74, 6) is 0.520. The van der Waals surface area contributed by atoms with E-state index in [-0.39, 0.29) is 29.4 Å². The first-order valence-electron chi connectivity index (χ1n) is 9.54. The number of halogens is 2. The maximum absolute atomic E-state index is 13.0. The number of aromatic nitrogens is 4. The summed E-state index contributed by atoms with van der Waals surface area (Å²) in [7, 11) is 0. The first kappa shape index (κ1) is 21.7. The van der Waals surface area contributed by atoms with Crippen molar-refractivity contribution in [1.82, 2.24) is 19.5 Å². The minimum absolute atomic E-state index is 0.0600. The fraction of sp³-hybridized carbons (Fsp3) is 0.421. The molecule has 0 radical (unpaired) electrons. The number of imidazole rings is 1. The monoisotopic (exact) mass is 453 g/mol. The van der Waals surface area contributed by atoms with Crippen molar-refractivity contribution in [3.8, 4) is 5.75 Å². The van der Waals surface area contributed by atoms with Crippen LogP contribution in [0.4, 0.5) is 10.2 Å². The van der Waals surface area contributed by atoms with Crippen molar-refractivity contribution in [3.63, 3.8) is 0 Å². The van der Waals surface area contributed by atoms with Gasteiger partial charge in [0.05, 0.1) is 19.0 Å². The maximum Gasteiger partial charge on any atom is 0.226 e. The number of anilines is 1. The second-order valence-electron chi connectivity index (χ2n) is 7.20. The number of benzene rings is 1. The van der Waals surface area contributed by atoms with Crippen molar-refractivity contribution < 1.29 is 29.2 Å². The summed E-state index contributed by atoms with van der Waals surface area (Å²) in [6.45, 7) is 1.66. The number of rotatable bonds is 7. The van der Waals surface area contributed by atoms with Gasteiger partial charge in [-0.3, -0.25) is 4.57 Å². The van der Waals surface area contributed by atoms with Crippen LogP contribution in [0.15, 0.2) is 30.6 Å². The Morgan fingerprint density at radius 2 is 2.00 bits per heavy atom. The molecule has 10 nitrogen and oxygen atoms in total. The van der Waals surface area contributed by atoms with Crippen LogP contribution in [0.5, 0.6) is 5.75 Å². The minimum Gasteiger partial charge on any atom is -0.491 e. The normalized spacial score (nSPS) is 24.5. The number of hydrogen-bond donors (Lipinski definition) is 4. The highest BCUT2D eigenvalue weighted by atomic mass is 35.5. The molecule has 0 spiro atoms. The summed E-state index contributed by atoms with van der Waals surface area (Å²) in [6.07, 6.45) is -3.10. The van der Waals surface area contributed by atoms with Crippen LogP contribution in [0.1, 0.15) is 13.2 Å². The summed E-state index contributed by atoms with van der Waals surface area (Å²) in [6, 6.07) is 5.46. The van der Waals surface area contributed by atoms with E-state index in [0.717, 1.165) is 0 Å². The first-order chi connectivity index (χ1) is 14.9. The number of nitrogens with zero attached hydrogens (tertiary/aromatic N) is 4. The lowest BCUT2D eigenvalue weighted by molar-refractivity contribution is -0.0511. The van der Waals surface area contributed by atoms with Crippen LogP contribution >= 0.6 is 11.6 Å². The van der Waals surface area contributed by atoms with Crippen molar-refractivity contribution in [2.24, 2.45) is 0 Å². The van der Waals surface area contributed by atoms with Gasteiger partial charge < -0.3 is 30.1 Å². The van der Waals surface area contributed by atoms with Crippen LogP contribution < -0.4 is 10.1 Å². The van der Waals surface area contributed by atoms with Crippen LogP contribution in [-0.2, 0) is 4.74 Å². The van der Waals surface area contributed by atoms with Crippen molar-refractivity contribution in [3.05, 3.63) is 41.7 Å². The summed E-state index contributed by atoms with van der Waals surface area (Å²) < 4.78 is 25.6. The Morgan fingerprint density at radius 1 is 1.26 bits per heavy atom. The lowest BCUT2D eigenvalue weighted by Crippen LogP contribution is -2.33. The van der Waals surface area contributed by atoms with E-state index in [1.54, 1.807) is 0 Å². The third kappa shape index (κ3) is 4.41. The van der Waals surface area contributed by atoms with Crippen LogP contribution in [0.3, 0.4) is 0 Å². The van der Waals surface area contributed by atoms with Crippen LogP contribution in [0.2, 0.25) is 5.28 Å². The Morgan fingerprint density at radius 3 is 2.68 bits per heavy atom. The van der Waals surface area contributed by atoms with E-state index in [1.807, 2.05) is 6.92 Å². The molecule has 31 heavy (non-hydrogen) atoms. The molecule has 1 fully saturated rings. The minimum atomic E-state index is -1.29. The third-order valence-corrected chi connectivity index (χ3v) is 5.05. The largest absolute Gasteiger partial charge is 0.491 e. The molecule has 1 aliphatic rings. The van der Waals surface area contributed by atoms with E-state index in [9.17, 15) is 19.7 Å². The van der Waals surface area contributed by atoms with Gasteiger partial charge in [-0.25, -0.2) is 9.37 Å². The number of hydrogen-bond acceptors (Lipinski definition) is 9. The average Bonchev–Trinajstić information content (AvgIpc) is 3.28. The zero-order valence-electron chi connectivity index (χ0n) is 16.4. The molecular weight excluding hydrogens is 433 g/mol. The third-order valence-electron chi connectivity index (χ3n) is 4.88. The van der Waals surface area contributed by atoms with E-state index in [2.05, 4.69) is 20.3 Å². The van der Waals surface area contributed by atoms with Crippen LogP contribution in [-0.4, -0.2) is 72.4 Å². The van der Waals surface area contributed by atoms with Gasteiger partial charge in [-0.15, -0.1) is 0 Å². The summed E-state index contributed by atoms with van der Waals surface area (Å²) in [5.41, 5.74) is 0.653. The van der Waals surface area contributed by atoms with Gasteiger partial charge >= 0.3 is 0 Å². The Bertz CT molecular complexity index is 1050. The molecule has 1 saturated heterocycles. The Hall–Kier alpha value is -2.57. The van der Waals surface area contributed by atoms with Gasteiger partial charge in [0.2, 0.25) is 5.28 Å². The molecule has 0 aliphatic carbocycles. The molecule has 5 atom stereocenters. The van der Waals surface area contributed by atoms with Gasteiger partial charge in [0.1, 0.15) is 36.5 Å². The molecule has 3 aromatic rings. The second kappa shape index (κ2) is 8.89. The van der Waals surface area contributed by atoms with Crippen molar-refractivity contribution >= 4 is 28.6 Å². The number of ether oxygens (including phenoxy) is 2.